The third-order valence-electron chi connectivity index (χ3n) is 3.61. The molecule has 1 fully saturated rings. The summed E-state index contributed by atoms with van der Waals surface area (Å²) >= 11 is 5.86. The van der Waals surface area contributed by atoms with Crippen LogP contribution in [0.25, 0.3) is 0 Å². The number of nitrogens with one attached hydrogen (secondary N) is 1. The van der Waals surface area contributed by atoms with Gasteiger partial charge in [0, 0.05) is 36.9 Å². The molecule has 1 saturated heterocycles. The molecule has 0 radical (unpaired) electrons. The zero-order valence-electron chi connectivity index (χ0n) is 12.1. The van der Waals surface area contributed by atoms with Gasteiger partial charge in [0.15, 0.2) is 0 Å². The highest BCUT2D eigenvalue weighted by molar-refractivity contribution is 6.30. The molecule has 3 rings (SSSR count). The Bertz CT molecular complexity index is 688. The molecule has 1 heterocycles. The highest BCUT2D eigenvalue weighted by Crippen LogP contribution is 2.29. The fourth-order valence-corrected chi connectivity index (χ4v) is 2.57. The van der Waals surface area contributed by atoms with Crippen molar-refractivity contribution in [2.24, 2.45) is 0 Å². The topological polar surface area (TPSA) is 48.3 Å². The lowest BCUT2D eigenvalue weighted by Gasteiger charge is -2.29. The van der Waals surface area contributed by atoms with E-state index in [4.69, 9.17) is 16.3 Å². The smallest absolute Gasteiger partial charge is 0.145 e. The number of anilines is 1. The summed E-state index contributed by atoms with van der Waals surface area (Å²) in [6.45, 7) is 3.82. The van der Waals surface area contributed by atoms with Gasteiger partial charge in [-0.25, -0.2) is 0 Å². The minimum absolute atomic E-state index is 0.533. The molecule has 4 nitrogen and oxygen atoms in total. The van der Waals surface area contributed by atoms with Crippen LogP contribution in [0.3, 0.4) is 0 Å². The van der Waals surface area contributed by atoms with Gasteiger partial charge in [0.05, 0.1) is 5.56 Å². The summed E-state index contributed by atoms with van der Waals surface area (Å²) in [5.41, 5.74) is 1.59. The van der Waals surface area contributed by atoms with Gasteiger partial charge in [-0.1, -0.05) is 11.6 Å². The van der Waals surface area contributed by atoms with E-state index in [1.165, 1.54) is 0 Å². The number of hydrogen-bond acceptors (Lipinski definition) is 4. The van der Waals surface area contributed by atoms with Gasteiger partial charge in [-0.3, -0.25) is 0 Å². The van der Waals surface area contributed by atoms with E-state index >= 15 is 0 Å². The van der Waals surface area contributed by atoms with E-state index in [9.17, 15) is 5.26 Å². The Hall–Kier alpha value is -2.22. The third-order valence-corrected chi connectivity index (χ3v) is 3.86. The number of nitriles is 1. The van der Waals surface area contributed by atoms with E-state index in [1.807, 2.05) is 18.2 Å². The number of piperazine rings is 1. The Morgan fingerprint density at radius 3 is 2.50 bits per heavy atom. The van der Waals surface area contributed by atoms with Crippen LogP contribution in [0.5, 0.6) is 11.5 Å². The Kier molecular flexibility index (Phi) is 4.47. The largest absolute Gasteiger partial charge is 0.456 e. The van der Waals surface area contributed by atoms with Crippen LogP contribution >= 0.6 is 11.6 Å². The lowest BCUT2D eigenvalue weighted by Crippen LogP contribution is -2.43. The van der Waals surface area contributed by atoms with Crippen molar-refractivity contribution in [3.8, 4) is 17.6 Å². The zero-order chi connectivity index (χ0) is 15.4. The highest BCUT2D eigenvalue weighted by Gasteiger charge is 2.13. The molecule has 1 aliphatic heterocycles. The highest BCUT2D eigenvalue weighted by atomic mass is 35.5. The van der Waals surface area contributed by atoms with E-state index in [0.717, 1.165) is 31.9 Å². The molecule has 0 bridgehead atoms. The van der Waals surface area contributed by atoms with Crippen LogP contribution in [0.15, 0.2) is 42.5 Å². The van der Waals surface area contributed by atoms with Crippen molar-refractivity contribution in [2.45, 2.75) is 0 Å². The van der Waals surface area contributed by atoms with Gasteiger partial charge >= 0.3 is 0 Å². The second kappa shape index (κ2) is 6.69. The first-order valence-corrected chi connectivity index (χ1v) is 7.57. The number of nitrogens with zero attached hydrogens (tertiary/aromatic N) is 2. The van der Waals surface area contributed by atoms with Crippen LogP contribution in [0.2, 0.25) is 5.02 Å². The second-order valence-electron chi connectivity index (χ2n) is 5.09. The van der Waals surface area contributed by atoms with Crippen molar-refractivity contribution in [2.75, 3.05) is 31.1 Å². The molecule has 0 aromatic heterocycles. The lowest BCUT2D eigenvalue weighted by atomic mass is 10.1. The quantitative estimate of drug-likeness (QED) is 0.943. The predicted octanol–water partition coefficient (Wildman–Crippen LogP) is 3.41. The summed E-state index contributed by atoms with van der Waals surface area (Å²) < 4.78 is 5.79. The first kappa shape index (κ1) is 14.7. The van der Waals surface area contributed by atoms with Gasteiger partial charge in [0.2, 0.25) is 0 Å². The van der Waals surface area contributed by atoms with Crippen LogP contribution < -0.4 is 15.0 Å². The average molecular weight is 314 g/mol. The first-order valence-electron chi connectivity index (χ1n) is 7.19. The van der Waals surface area contributed by atoms with E-state index in [0.29, 0.717) is 22.1 Å². The molecule has 2 aromatic carbocycles. The van der Waals surface area contributed by atoms with Gasteiger partial charge < -0.3 is 15.0 Å². The Labute approximate surface area is 134 Å². The zero-order valence-corrected chi connectivity index (χ0v) is 12.8. The number of halogens is 1. The number of hydrogen-bond donors (Lipinski definition) is 1. The van der Waals surface area contributed by atoms with E-state index in [1.54, 1.807) is 24.3 Å². The molecule has 2 aromatic rings. The molecule has 1 aliphatic rings. The first-order chi connectivity index (χ1) is 10.8. The van der Waals surface area contributed by atoms with Crippen LogP contribution in [0, 0.1) is 11.3 Å². The van der Waals surface area contributed by atoms with Crippen molar-refractivity contribution in [3.05, 3.63) is 53.1 Å². The second-order valence-corrected chi connectivity index (χ2v) is 5.52. The van der Waals surface area contributed by atoms with Crippen LogP contribution in [0.4, 0.5) is 5.69 Å². The van der Waals surface area contributed by atoms with Gasteiger partial charge in [-0.05, 0) is 42.5 Å². The Balaban J connectivity index is 1.82. The van der Waals surface area contributed by atoms with Crippen LogP contribution in [-0.2, 0) is 0 Å². The fraction of sp³-hybridized carbons (Fsp3) is 0.235. The van der Waals surface area contributed by atoms with E-state index in [-0.39, 0.29) is 0 Å². The van der Waals surface area contributed by atoms with Crippen molar-refractivity contribution >= 4 is 17.3 Å². The summed E-state index contributed by atoms with van der Waals surface area (Å²) in [5, 5.41) is 13.4. The Morgan fingerprint density at radius 2 is 1.82 bits per heavy atom. The molecule has 0 aliphatic carbocycles. The standard InChI is InChI=1S/C17H16ClN3O/c18-14-1-4-16(5-2-14)22-17-6-3-15(11-13(17)12-19)21-9-7-20-8-10-21/h1-6,11,20H,7-10H2. The maximum atomic E-state index is 9.38. The monoisotopic (exact) mass is 313 g/mol. The van der Waals surface area contributed by atoms with Crippen molar-refractivity contribution in [3.63, 3.8) is 0 Å². The maximum Gasteiger partial charge on any atom is 0.145 e. The third kappa shape index (κ3) is 3.33. The van der Waals surface area contributed by atoms with Crippen LogP contribution in [0.1, 0.15) is 5.56 Å². The summed E-state index contributed by atoms with van der Waals surface area (Å²) in [4.78, 5) is 2.27. The molecule has 1 N–H and O–H groups in total. The maximum absolute atomic E-state index is 9.38. The molecular formula is C17H16ClN3O. The minimum Gasteiger partial charge on any atom is -0.456 e. The molecule has 0 atom stereocenters. The molecule has 0 saturated carbocycles. The van der Waals surface area contributed by atoms with Gasteiger partial charge in [0.1, 0.15) is 17.6 Å². The molecule has 22 heavy (non-hydrogen) atoms. The van der Waals surface area contributed by atoms with Crippen molar-refractivity contribution < 1.29 is 4.74 Å². The normalized spacial score (nSPS) is 14.5. The summed E-state index contributed by atoms with van der Waals surface area (Å²) in [6.07, 6.45) is 0. The average Bonchev–Trinajstić information content (AvgIpc) is 2.58. The van der Waals surface area contributed by atoms with Gasteiger partial charge in [-0.15, -0.1) is 0 Å². The lowest BCUT2D eigenvalue weighted by molar-refractivity contribution is 0.481. The van der Waals surface area contributed by atoms with Crippen molar-refractivity contribution in [1.29, 1.82) is 5.26 Å². The number of benzene rings is 2. The predicted molar refractivity (Wildman–Crippen MR) is 87.8 cm³/mol. The SMILES string of the molecule is N#Cc1cc(N2CCNCC2)ccc1Oc1ccc(Cl)cc1. The van der Waals surface area contributed by atoms with E-state index in [2.05, 4.69) is 16.3 Å². The molecule has 0 unspecified atom stereocenters. The summed E-state index contributed by atoms with van der Waals surface area (Å²) in [6, 6.07) is 15.0. The fourth-order valence-electron chi connectivity index (χ4n) is 2.44. The van der Waals surface area contributed by atoms with Gasteiger partial charge in [0.25, 0.3) is 0 Å². The van der Waals surface area contributed by atoms with Crippen molar-refractivity contribution in [1.82, 2.24) is 5.32 Å². The Morgan fingerprint density at radius 1 is 1.09 bits per heavy atom. The summed E-state index contributed by atoms with van der Waals surface area (Å²) in [7, 11) is 0. The minimum atomic E-state index is 0.533. The van der Waals surface area contributed by atoms with E-state index < -0.39 is 0 Å². The molecular weight excluding hydrogens is 298 g/mol. The van der Waals surface area contributed by atoms with Crippen LogP contribution in [-0.4, -0.2) is 26.2 Å². The summed E-state index contributed by atoms with van der Waals surface area (Å²) in [5.74, 6) is 1.22. The van der Waals surface area contributed by atoms with Gasteiger partial charge in [-0.2, -0.15) is 5.26 Å². The molecule has 5 heteroatoms. The number of rotatable bonds is 3. The molecule has 0 spiro atoms. The molecule has 112 valence electrons. The molecule has 0 amide bonds. The number of ether oxygens (including phenoxy) is 1.